The van der Waals surface area contributed by atoms with Gasteiger partial charge in [-0.2, -0.15) is 0 Å². The van der Waals surface area contributed by atoms with Gasteiger partial charge >= 0.3 is 0 Å². The highest BCUT2D eigenvalue weighted by Gasteiger charge is 2.59. The van der Waals surface area contributed by atoms with Crippen molar-refractivity contribution < 1.29 is 0 Å². The minimum Gasteiger partial charge on any atom is -0.334 e. The lowest BCUT2D eigenvalue weighted by Gasteiger charge is -2.50. The first-order chi connectivity index (χ1) is 42.3. The zero-order valence-corrected chi connectivity index (χ0v) is 53.5. The molecule has 0 aromatic heterocycles. The van der Waals surface area contributed by atoms with Gasteiger partial charge in [-0.1, -0.05) is 251 Å². The Labute approximate surface area is 524 Å². The fourth-order valence-electron chi connectivity index (χ4n) is 17.0. The lowest BCUT2D eigenvalue weighted by Crippen LogP contribution is -2.54. The maximum Gasteiger partial charge on any atom is 0.0517 e. The predicted octanol–water partition coefficient (Wildman–Crippen LogP) is 24.1. The molecule has 0 radical (unpaired) electrons. The first kappa shape index (κ1) is 56.1. The summed E-state index contributed by atoms with van der Waals surface area (Å²) in [5.74, 6) is 0. The summed E-state index contributed by atoms with van der Waals surface area (Å²) in [6.45, 7) is 24.1. The number of fused-ring (bicyclic) bond motifs is 8. The Balaban J connectivity index is 0.932. The highest BCUT2D eigenvalue weighted by molar-refractivity contribution is 6.22. The molecule has 4 aliphatic rings. The number of benzene rings is 11. The molecule has 2 fully saturated rings. The second-order valence-electron chi connectivity index (χ2n) is 29.5. The number of hydrogen-bond donors (Lipinski definition) is 0. The molecule has 0 N–H and O–H groups in total. The van der Waals surface area contributed by atoms with Crippen molar-refractivity contribution in [2.45, 2.75) is 153 Å². The second-order valence-corrected chi connectivity index (χ2v) is 29.5. The first-order valence-corrected chi connectivity index (χ1v) is 32.8. The maximum absolute atomic E-state index is 2.72. The van der Waals surface area contributed by atoms with Crippen molar-refractivity contribution in [1.29, 1.82) is 0 Å². The molecule has 0 saturated heterocycles. The van der Waals surface area contributed by atoms with Gasteiger partial charge in [-0.15, -0.1) is 0 Å². The Morgan fingerprint density at radius 3 is 0.955 bits per heavy atom. The Hall–Kier alpha value is -8.46. The zero-order valence-electron chi connectivity index (χ0n) is 53.5. The van der Waals surface area contributed by atoms with Gasteiger partial charge in [-0.25, -0.2) is 0 Å². The molecule has 88 heavy (non-hydrogen) atoms. The van der Waals surface area contributed by atoms with Crippen LogP contribution in [0.5, 0.6) is 0 Å². The summed E-state index contributed by atoms with van der Waals surface area (Å²) in [5.41, 5.74) is 26.0. The molecule has 11 aromatic carbocycles. The standard InChI is InChI=1S/C86H84N2/c1-81(2,3)67-37-41-69(42-38-67)87-77-47-35-65(55-75(77)83(7)49-17-19-51-85(83,87)9)63-33-45-71-73(53-63)79(61-29-25-59(26-30-61)57-21-13-11-14-22-57)72-46-34-64(54-74(72)80(71)62-31-27-60(28-32-62)58-23-15-12-16-24-58)66-36-48-78-76(56-66)84(8)50-18-20-52-86(84,10)88(78)70-43-39-68(40-44-70)82(4,5)6/h11-16,21-48,53-56H,17-20,49-52H2,1-10H3. The van der Waals surface area contributed by atoms with E-state index in [2.05, 4.69) is 310 Å². The van der Waals surface area contributed by atoms with Crippen LogP contribution >= 0.6 is 0 Å². The van der Waals surface area contributed by atoms with Crippen LogP contribution in [-0.4, -0.2) is 11.1 Å². The summed E-state index contributed by atoms with van der Waals surface area (Å²) >= 11 is 0. The molecule has 2 nitrogen and oxygen atoms in total. The summed E-state index contributed by atoms with van der Waals surface area (Å²) < 4.78 is 0. The van der Waals surface area contributed by atoms with Crippen LogP contribution in [0.25, 0.3) is 88.3 Å². The van der Waals surface area contributed by atoms with Gasteiger partial charge in [-0.05, 0) is 222 Å². The van der Waals surface area contributed by atoms with E-state index in [4.69, 9.17) is 0 Å². The molecule has 4 unspecified atom stereocenters. The van der Waals surface area contributed by atoms with Crippen LogP contribution in [0.3, 0.4) is 0 Å². The highest BCUT2D eigenvalue weighted by atomic mass is 15.3. The summed E-state index contributed by atoms with van der Waals surface area (Å²) in [4.78, 5) is 5.45. The molecule has 0 bridgehead atoms. The molecule has 438 valence electrons. The van der Waals surface area contributed by atoms with Gasteiger partial charge in [0.05, 0.1) is 11.1 Å². The van der Waals surface area contributed by atoms with Crippen molar-refractivity contribution in [1.82, 2.24) is 0 Å². The van der Waals surface area contributed by atoms with Crippen LogP contribution in [0.4, 0.5) is 22.7 Å². The minimum atomic E-state index is -0.0475. The van der Waals surface area contributed by atoms with E-state index in [1.165, 1.54) is 172 Å². The van der Waals surface area contributed by atoms with Crippen LogP contribution in [0.2, 0.25) is 0 Å². The maximum atomic E-state index is 2.72. The monoisotopic (exact) mass is 1140 g/mol. The lowest BCUT2D eigenvalue weighted by atomic mass is 9.61. The van der Waals surface area contributed by atoms with E-state index in [1.807, 2.05) is 0 Å². The molecule has 2 heteroatoms. The highest BCUT2D eigenvalue weighted by Crippen LogP contribution is 2.63. The third kappa shape index (κ3) is 8.77. The lowest BCUT2D eigenvalue weighted by molar-refractivity contribution is 0.195. The summed E-state index contributed by atoms with van der Waals surface area (Å²) in [6.07, 6.45) is 9.66. The van der Waals surface area contributed by atoms with Crippen LogP contribution in [0.15, 0.2) is 231 Å². The van der Waals surface area contributed by atoms with Crippen LogP contribution < -0.4 is 9.80 Å². The number of rotatable bonds is 8. The molecule has 2 saturated carbocycles. The topological polar surface area (TPSA) is 6.48 Å². The Bertz CT molecular complexity index is 4190. The van der Waals surface area contributed by atoms with Crippen molar-refractivity contribution in [2.24, 2.45) is 0 Å². The Kier molecular flexibility index (Phi) is 13.1. The fourth-order valence-corrected chi connectivity index (χ4v) is 17.0. The predicted molar refractivity (Wildman–Crippen MR) is 377 cm³/mol. The molecule has 0 spiro atoms. The van der Waals surface area contributed by atoms with Gasteiger partial charge < -0.3 is 9.80 Å². The summed E-state index contributed by atoms with van der Waals surface area (Å²) in [5, 5.41) is 5.04. The van der Waals surface area contributed by atoms with Crippen LogP contribution in [-0.2, 0) is 21.7 Å². The molecule has 11 aromatic rings. The van der Waals surface area contributed by atoms with Crippen molar-refractivity contribution in [2.75, 3.05) is 9.80 Å². The van der Waals surface area contributed by atoms with Gasteiger partial charge in [0.15, 0.2) is 0 Å². The van der Waals surface area contributed by atoms with Crippen molar-refractivity contribution in [3.63, 3.8) is 0 Å². The molecule has 4 atom stereocenters. The third-order valence-electron chi connectivity index (χ3n) is 22.5. The molecule has 2 aliphatic carbocycles. The molecular weight excluding hydrogens is 1060 g/mol. The molecule has 0 amide bonds. The first-order valence-electron chi connectivity index (χ1n) is 32.8. The number of nitrogens with zero attached hydrogens (tertiary/aromatic N) is 2. The fraction of sp³-hybridized carbons (Fsp3) is 0.279. The Morgan fingerprint density at radius 2 is 0.591 bits per heavy atom. The van der Waals surface area contributed by atoms with Crippen LogP contribution in [0.1, 0.15) is 143 Å². The van der Waals surface area contributed by atoms with E-state index in [0.717, 1.165) is 12.8 Å². The SMILES string of the molecule is CC(C)(C)c1ccc(N2c3ccc(-c4ccc5c(-c6ccc(-c7ccccc7)cc6)c6cc(-c7ccc8c(c7)C7(C)CCCCC7(C)N8c7ccc(C(C)(C)C)cc7)ccc6c(-c6ccc(-c7ccccc7)cc6)c5c4)cc3C3(C)CCCCC23C)cc1. The van der Waals surface area contributed by atoms with E-state index in [-0.39, 0.29) is 32.7 Å². The average molecular weight is 1150 g/mol. The largest absolute Gasteiger partial charge is 0.334 e. The van der Waals surface area contributed by atoms with Crippen molar-refractivity contribution >= 4 is 44.3 Å². The van der Waals surface area contributed by atoms with E-state index < -0.39 is 0 Å². The zero-order chi connectivity index (χ0) is 60.5. The Morgan fingerprint density at radius 1 is 0.284 bits per heavy atom. The smallest absolute Gasteiger partial charge is 0.0517 e. The van der Waals surface area contributed by atoms with E-state index in [9.17, 15) is 0 Å². The number of anilines is 4. The van der Waals surface area contributed by atoms with Gasteiger partial charge in [-0.3, -0.25) is 0 Å². The number of hydrogen-bond acceptors (Lipinski definition) is 2. The molecule has 15 rings (SSSR count). The minimum absolute atomic E-state index is 0.0147. The third-order valence-corrected chi connectivity index (χ3v) is 22.5. The van der Waals surface area contributed by atoms with E-state index in [0.29, 0.717) is 0 Å². The second kappa shape index (κ2) is 20.6. The van der Waals surface area contributed by atoms with E-state index >= 15 is 0 Å². The van der Waals surface area contributed by atoms with Gasteiger partial charge in [0.25, 0.3) is 0 Å². The normalized spacial score (nSPS) is 21.5. The van der Waals surface area contributed by atoms with Gasteiger partial charge in [0, 0.05) is 33.6 Å². The quantitative estimate of drug-likeness (QED) is 0.140. The van der Waals surface area contributed by atoms with Crippen molar-refractivity contribution in [3.05, 3.63) is 253 Å². The molecular formula is C86H84N2. The molecule has 2 heterocycles. The van der Waals surface area contributed by atoms with Crippen molar-refractivity contribution in [3.8, 4) is 66.8 Å². The average Bonchev–Trinajstić information content (AvgIpc) is 1.52. The van der Waals surface area contributed by atoms with E-state index in [1.54, 1.807) is 0 Å². The van der Waals surface area contributed by atoms with Gasteiger partial charge in [0.2, 0.25) is 0 Å². The molecule has 2 aliphatic heterocycles. The van der Waals surface area contributed by atoms with Crippen LogP contribution in [0, 0.1) is 0 Å². The summed E-state index contributed by atoms with van der Waals surface area (Å²) in [6, 6.07) is 89.2. The summed E-state index contributed by atoms with van der Waals surface area (Å²) in [7, 11) is 0. The van der Waals surface area contributed by atoms with Gasteiger partial charge in [0.1, 0.15) is 0 Å².